The van der Waals surface area contributed by atoms with Gasteiger partial charge in [-0.3, -0.25) is 4.79 Å². The average Bonchev–Trinajstić information content (AvgIpc) is 2.96. The number of carbonyl (C=O) groups is 1. The van der Waals surface area contributed by atoms with E-state index in [-0.39, 0.29) is 11.9 Å². The molecule has 0 radical (unpaired) electrons. The molecule has 128 valence electrons. The van der Waals surface area contributed by atoms with E-state index < -0.39 is 0 Å². The molecule has 1 atom stereocenters. The predicted octanol–water partition coefficient (Wildman–Crippen LogP) is 6.25. The van der Waals surface area contributed by atoms with Gasteiger partial charge < -0.3 is 5.32 Å². The summed E-state index contributed by atoms with van der Waals surface area (Å²) in [5, 5.41) is 5.69. The van der Waals surface area contributed by atoms with Gasteiger partial charge in [0.25, 0.3) is 5.91 Å². The van der Waals surface area contributed by atoms with Crippen LogP contribution in [0.25, 0.3) is 0 Å². The van der Waals surface area contributed by atoms with E-state index in [0.717, 1.165) is 20.5 Å². The van der Waals surface area contributed by atoms with Crippen molar-refractivity contribution in [1.82, 2.24) is 5.32 Å². The van der Waals surface area contributed by atoms with Crippen molar-refractivity contribution in [3.63, 3.8) is 0 Å². The van der Waals surface area contributed by atoms with Gasteiger partial charge in [-0.1, -0.05) is 54.1 Å². The molecule has 5 heteroatoms. The van der Waals surface area contributed by atoms with E-state index >= 15 is 0 Å². The number of amides is 1. The van der Waals surface area contributed by atoms with Gasteiger partial charge in [0, 0.05) is 16.8 Å². The van der Waals surface area contributed by atoms with Crippen LogP contribution in [-0.2, 0) is 6.42 Å². The molecule has 0 aliphatic rings. The maximum atomic E-state index is 12.8. The van der Waals surface area contributed by atoms with Crippen molar-refractivity contribution in [2.45, 2.75) is 19.4 Å². The van der Waals surface area contributed by atoms with Gasteiger partial charge in [0.15, 0.2) is 0 Å². The fourth-order valence-electron chi connectivity index (χ4n) is 2.66. The van der Waals surface area contributed by atoms with E-state index in [4.69, 9.17) is 11.6 Å². The lowest BCUT2D eigenvalue weighted by molar-refractivity contribution is 0.0939. The minimum absolute atomic E-state index is 0.0496. The molecule has 3 aromatic rings. The summed E-state index contributed by atoms with van der Waals surface area (Å²) in [4.78, 5) is 12.8. The Morgan fingerprint density at radius 3 is 2.68 bits per heavy atom. The molecule has 0 aliphatic heterocycles. The fourth-order valence-corrected chi connectivity index (χ4v) is 4.31. The molecule has 0 unspecified atom stereocenters. The highest BCUT2D eigenvalue weighted by molar-refractivity contribution is 9.11. The first-order chi connectivity index (χ1) is 12.0. The van der Waals surface area contributed by atoms with Gasteiger partial charge in [0.05, 0.1) is 15.4 Å². The number of benzene rings is 2. The first kappa shape index (κ1) is 18.2. The normalized spacial score (nSPS) is 12.0. The average molecular weight is 435 g/mol. The number of hydrogen-bond acceptors (Lipinski definition) is 2. The van der Waals surface area contributed by atoms with E-state index in [1.807, 2.05) is 66.9 Å². The van der Waals surface area contributed by atoms with E-state index in [1.165, 1.54) is 11.3 Å². The maximum absolute atomic E-state index is 12.8. The summed E-state index contributed by atoms with van der Waals surface area (Å²) in [6, 6.07) is 17.6. The van der Waals surface area contributed by atoms with Gasteiger partial charge in [-0.15, -0.1) is 11.3 Å². The zero-order valence-corrected chi connectivity index (χ0v) is 16.8. The highest BCUT2D eigenvalue weighted by Crippen LogP contribution is 2.31. The smallest absolute Gasteiger partial charge is 0.252 e. The third-order valence-electron chi connectivity index (χ3n) is 4.00. The summed E-state index contributed by atoms with van der Waals surface area (Å²) >= 11 is 11.2. The summed E-state index contributed by atoms with van der Waals surface area (Å²) in [6.07, 6.45) is 0.660. The van der Waals surface area contributed by atoms with E-state index in [0.29, 0.717) is 17.0 Å². The third-order valence-corrected chi connectivity index (χ3v) is 6.09. The highest BCUT2D eigenvalue weighted by Gasteiger charge is 2.19. The molecule has 0 fully saturated rings. The SMILES string of the molecule is C[C@H](NC(=O)c1csc(Br)c1Cc1cccc(Cl)c1)c1ccccc1. The molecule has 2 nitrogen and oxygen atoms in total. The highest BCUT2D eigenvalue weighted by atomic mass is 79.9. The molecule has 0 bridgehead atoms. The Hall–Kier alpha value is -1.62. The van der Waals surface area contributed by atoms with Gasteiger partial charge in [-0.2, -0.15) is 0 Å². The van der Waals surface area contributed by atoms with Crippen LogP contribution in [0, 0.1) is 0 Å². The van der Waals surface area contributed by atoms with Crippen LogP contribution >= 0.6 is 38.9 Å². The Balaban J connectivity index is 1.79. The standard InChI is InChI=1S/C20H17BrClNOS/c1-13(15-7-3-2-4-8-15)23-20(24)18-12-25-19(21)17(18)11-14-6-5-9-16(22)10-14/h2-10,12-13H,11H2,1H3,(H,23,24)/t13-/m0/s1. The largest absolute Gasteiger partial charge is 0.345 e. The van der Waals surface area contributed by atoms with Crippen molar-refractivity contribution in [1.29, 1.82) is 0 Å². The summed E-state index contributed by atoms with van der Waals surface area (Å²) in [5.41, 5.74) is 3.86. The fraction of sp³-hybridized carbons (Fsp3) is 0.150. The van der Waals surface area contributed by atoms with Crippen LogP contribution in [0.4, 0.5) is 0 Å². The minimum atomic E-state index is -0.0599. The van der Waals surface area contributed by atoms with Gasteiger partial charge in [-0.05, 0) is 51.7 Å². The quantitative estimate of drug-likeness (QED) is 0.505. The Labute approximate surface area is 165 Å². The minimum Gasteiger partial charge on any atom is -0.345 e. The van der Waals surface area contributed by atoms with Crippen LogP contribution in [0.1, 0.15) is 40.0 Å². The Morgan fingerprint density at radius 2 is 1.96 bits per heavy atom. The van der Waals surface area contributed by atoms with Gasteiger partial charge in [0.1, 0.15) is 0 Å². The molecule has 0 saturated heterocycles. The van der Waals surface area contributed by atoms with Crippen molar-refractivity contribution in [3.8, 4) is 0 Å². The lowest BCUT2D eigenvalue weighted by Crippen LogP contribution is -2.27. The van der Waals surface area contributed by atoms with Crippen LogP contribution in [0.2, 0.25) is 5.02 Å². The van der Waals surface area contributed by atoms with Gasteiger partial charge in [-0.25, -0.2) is 0 Å². The lowest BCUT2D eigenvalue weighted by atomic mass is 10.0. The Morgan fingerprint density at radius 1 is 1.20 bits per heavy atom. The second-order valence-electron chi connectivity index (χ2n) is 5.81. The molecule has 0 spiro atoms. The zero-order chi connectivity index (χ0) is 17.8. The number of halogens is 2. The molecule has 1 aromatic heterocycles. The molecule has 25 heavy (non-hydrogen) atoms. The predicted molar refractivity (Wildman–Crippen MR) is 109 cm³/mol. The molecule has 1 heterocycles. The Kier molecular flexibility index (Phi) is 5.94. The van der Waals surface area contributed by atoms with E-state index in [9.17, 15) is 4.79 Å². The zero-order valence-electron chi connectivity index (χ0n) is 13.6. The van der Waals surface area contributed by atoms with Crippen LogP contribution in [0.3, 0.4) is 0 Å². The van der Waals surface area contributed by atoms with Crippen molar-refractivity contribution < 1.29 is 4.79 Å². The monoisotopic (exact) mass is 433 g/mol. The van der Waals surface area contributed by atoms with Crippen molar-refractivity contribution in [2.75, 3.05) is 0 Å². The van der Waals surface area contributed by atoms with Gasteiger partial charge >= 0.3 is 0 Å². The summed E-state index contributed by atoms with van der Waals surface area (Å²) < 4.78 is 0.977. The van der Waals surface area contributed by atoms with Crippen LogP contribution in [-0.4, -0.2) is 5.91 Å². The van der Waals surface area contributed by atoms with Crippen molar-refractivity contribution in [2.24, 2.45) is 0 Å². The van der Waals surface area contributed by atoms with Crippen LogP contribution < -0.4 is 5.32 Å². The number of thiophene rings is 1. The van der Waals surface area contributed by atoms with Crippen LogP contribution in [0.15, 0.2) is 63.8 Å². The second kappa shape index (κ2) is 8.17. The van der Waals surface area contributed by atoms with Gasteiger partial charge in [0.2, 0.25) is 0 Å². The first-order valence-corrected chi connectivity index (χ1v) is 9.96. The van der Waals surface area contributed by atoms with E-state index in [1.54, 1.807) is 0 Å². The van der Waals surface area contributed by atoms with E-state index in [2.05, 4.69) is 21.2 Å². The topological polar surface area (TPSA) is 29.1 Å². The number of carbonyl (C=O) groups excluding carboxylic acids is 1. The maximum Gasteiger partial charge on any atom is 0.252 e. The number of hydrogen-bond donors (Lipinski definition) is 1. The molecule has 1 amide bonds. The molecule has 0 saturated carbocycles. The summed E-state index contributed by atoms with van der Waals surface area (Å²) in [7, 11) is 0. The molecule has 3 rings (SSSR count). The lowest BCUT2D eigenvalue weighted by Gasteiger charge is -2.15. The van der Waals surface area contributed by atoms with Crippen molar-refractivity contribution >= 4 is 44.8 Å². The molecule has 1 N–H and O–H groups in total. The van der Waals surface area contributed by atoms with Crippen LogP contribution in [0.5, 0.6) is 0 Å². The second-order valence-corrected chi connectivity index (χ2v) is 8.45. The van der Waals surface area contributed by atoms with Crippen molar-refractivity contribution in [3.05, 3.63) is 91.0 Å². The molecule has 0 aliphatic carbocycles. The summed E-state index contributed by atoms with van der Waals surface area (Å²) in [5.74, 6) is -0.0599. The molecular formula is C20H17BrClNOS. The third kappa shape index (κ3) is 4.51. The summed E-state index contributed by atoms with van der Waals surface area (Å²) in [6.45, 7) is 1.99. The number of rotatable bonds is 5. The molecular weight excluding hydrogens is 418 g/mol. The first-order valence-electron chi connectivity index (χ1n) is 7.90. The Bertz CT molecular complexity index is 878. The molecule has 2 aromatic carbocycles. The number of nitrogens with one attached hydrogen (secondary N) is 1.